The summed E-state index contributed by atoms with van der Waals surface area (Å²) in [5.41, 5.74) is 0.675. The number of pyridine rings is 1. The average Bonchev–Trinajstić information content (AvgIpc) is 3.32. The first-order chi connectivity index (χ1) is 11.8. The Balaban J connectivity index is 1.71. The zero-order chi connectivity index (χ0) is 16.5. The molecule has 0 aromatic carbocycles. The number of amides is 1. The minimum atomic E-state index is -0.424. The van der Waals surface area contributed by atoms with Crippen molar-refractivity contribution in [3.8, 4) is 11.5 Å². The van der Waals surface area contributed by atoms with Gasteiger partial charge in [0.2, 0.25) is 0 Å². The lowest BCUT2D eigenvalue weighted by molar-refractivity contribution is -0.126. The molecule has 1 saturated carbocycles. The predicted octanol–water partition coefficient (Wildman–Crippen LogP) is 3.12. The second kappa shape index (κ2) is 6.26. The van der Waals surface area contributed by atoms with Gasteiger partial charge in [-0.1, -0.05) is 6.07 Å². The molecule has 0 bridgehead atoms. The second-order valence-electron chi connectivity index (χ2n) is 5.73. The molecule has 3 aromatic heterocycles. The molecule has 0 radical (unpaired) electrons. The predicted molar refractivity (Wildman–Crippen MR) is 92.8 cm³/mol. The molecule has 0 saturated heterocycles. The second-order valence-corrected chi connectivity index (χ2v) is 6.63. The van der Waals surface area contributed by atoms with Gasteiger partial charge in [-0.3, -0.25) is 9.78 Å². The third-order valence-electron chi connectivity index (χ3n) is 4.02. The maximum absolute atomic E-state index is 12.5. The molecule has 1 fully saturated rings. The van der Waals surface area contributed by atoms with E-state index in [9.17, 15) is 4.79 Å². The number of fused-ring (bicyclic) bond motifs is 1. The molecule has 3 heterocycles. The molecular weight excluding hydrogens is 324 g/mol. The molecule has 1 unspecified atom stereocenters. The maximum Gasteiger partial charge on any atom is 0.254 e. The Hall–Kier alpha value is -2.38. The van der Waals surface area contributed by atoms with Crippen molar-refractivity contribution in [2.75, 3.05) is 12.4 Å². The molecule has 24 heavy (non-hydrogen) atoms. The summed E-state index contributed by atoms with van der Waals surface area (Å²) in [4.78, 5) is 26.7. The molecule has 4 rings (SSSR count). The van der Waals surface area contributed by atoms with Crippen LogP contribution >= 0.6 is 11.3 Å². The van der Waals surface area contributed by atoms with Gasteiger partial charge in [0.25, 0.3) is 5.91 Å². The van der Waals surface area contributed by atoms with Crippen LogP contribution in [0, 0.1) is 5.92 Å². The van der Waals surface area contributed by atoms with E-state index < -0.39 is 6.10 Å². The monoisotopic (exact) mass is 340 g/mol. The third-order valence-corrected chi connectivity index (χ3v) is 4.83. The zero-order valence-electron chi connectivity index (χ0n) is 13.1. The lowest BCUT2D eigenvalue weighted by atomic mass is 10.2. The molecule has 0 spiro atoms. The Bertz CT molecular complexity index is 877. The van der Waals surface area contributed by atoms with Crippen LogP contribution in [-0.4, -0.2) is 34.1 Å². The summed E-state index contributed by atoms with van der Waals surface area (Å²) in [6.07, 6.45) is 3.33. The number of hydrogen-bond donors (Lipinski definition) is 1. The van der Waals surface area contributed by atoms with Crippen LogP contribution in [0.25, 0.3) is 21.7 Å². The summed E-state index contributed by atoms with van der Waals surface area (Å²) < 4.78 is 5.35. The fraction of sp³-hybridized carbons (Fsp3) is 0.294. The van der Waals surface area contributed by atoms with E-state index in [-0.39, 0.29) is 5.91 Å². The van der Waals surface area contributed by atoms with E-state index in [1.54, 1.807) is 13.3 Å². The maximum atomic E-state index is 12.5. The third kappa shape index (κ3) is 2.88. The first-order valence-corrected chi connectivity index (χ1v) is 8.64. The molecule has 122 valence electrons. The SMILES string of the molecule is COC(C(=O)Nc1nc(-c2ccccn2)nc2sccc12)C1CC1. The van der Waals surface area contributed by atoms with E-state index in [1.165, 1.54) is 11.3 Å². The number of carbonyl (C=O) groups is 1. The summed E-state index contributed by atoms with van der Waals surface area (Å²) in [7, 11) is 1.57. The number of methoxy groups -OCH3 is 1. The largest absolute Gasteiger partial charge is 0.371 e. The van der Waals surface area contributed by atoms with Gasteiger partial charge in [0.15, 0.2) is 5.82 Å². The number of nitrogens with zero attached hydrogens (tertiary/aromatic N) is 3. The average molecular weight is 340 g/mol. The van der Waals surface area contributed by atoms with Crippen LogP contribution in [0.1, 0.15) is 12.8 Å². The summed E-state index contributed by atoms with van der Waals surface area (Å²) >= 11 is 1.51. The molecule has 1 atom stereocenters. The van der Waals surface area contributed by atoms with Crippen molar-refractivity contribution in [1.82, 2.24) is 15.0 Å². The van der Waals surface area contributed by atoms with Gasteiger partial charge in [-0.25, -0.2) is 9.97 Å². The van der Waals surface area contributed by atoms with Crippen molar-refractivity contribution in [3.63, 3.8) is 0 Å². The van der Waals surface area contributed by atoms with Crippen LogP contribution in [0.5, 0.6) is 0 Å². The number of carbonyl (C=O) groups excluding carboxylic acids is 1. The van der Waals surface area contributed by atoms with Gasteiger partial charge in [-0.2, -0.15) is 0 Å². The highest BCUT2D eigenvalue weighted by atomic mass is 32.1. The normalized spacial score (nSPS) is 15.4. The standard InChI is InChI=1S/C17H16N4O2S/c1-23-13(10-5-6-10)16(22)20-14-11-7-9-24-17(11)21-15(19-14)12-4-2-3-8-18-12/h2-4,7-10,13H,5-6H2,1H3,(H,19,20,21,22). The Morgan fingerprint density at radius 1 is 1.33 bits per heavy atom. The van der Waals surface area contributed by atoms with Crippen LogP contribution < -0.4 is 5.32 Å². The van der Waals surface area contributed by atoms with Crippen LogP contribution in [-0.2, 0) is 9.53 Å². The van der Waals surface area contributed by atoms with Gasteiger partial charge in [-0.05, 0) is 42.3 Å². The smallest absolute Gasteiger partial charge is 0.254 e. The Labute approximate surface area is 142 Å². The summed E-state index contributed by atoms with van der Waals surface area (Å²) in [5.74, 6) is 1.17. The van der Waals surface area contributed by atoms with E-state index in [0.29, 0.717) is 23.3 Å². The van der Waals surface area contributed by atoms with Crippen molar-refractivity contribution in [2.45, 2.75) is 18.9 Å². The number of rotatable bonds is 5. The molecule has 1 amide bonds. The van der Waals surface area contributed by atoms with E-state index in [1.807, 2.05) is 29.6 Å². The number of nitrogens with one attached hydrogen (secondary N) is 1. The van der Waals surface area contributed by atoms with Gasteiger partial charge >= 0.3 is 0 Å². The molecule has 1 N–H and O–H groups in total. The first-order valence-electron chi connectivity index (χ1n) is 7.76. The van der Waals surface area contributed by atoms with Crippen LogP contribution in [0.2, 0.25) is 0 Å². The van der Waals surface area contributed by atoms with E-state index >= 15 is 0 Å². The van der Waals surface area contributed by atoms with Crippen molar-refractivity contribution >= 4 is 33.3 Å². The number of thiophene rings is 1. The molecule has 6 nitrogen and oxygen atoms in total. The van der Waals surface area contributed by atoms with Gasteiger partial charge in [0.1, 0.15) is 22.4 Å². The quantitative estimate of drug-likeness (QED) is 0.772. The Kier molecular flexibility index (Phi) is 3.95. The first kappa shape index (κ1) is 15.2. The molecular formula is C17H16N4O2S. The lowest BCUT2D eigenvalue weighted by Crippen LogP contribution is -2.31. The molecule has 3 aromatic rings. The van der Waals surface area contributed by atoms with Crippen molar-refractivity contribution in [2.24, 2.45) is 5.92 Å². The highest BCUT2D eigenvalue weighted by Gasteiger charge is 2.36. The van der Waals surface area contributed by atoms with E-state index in [0.717, 1.165) is 23.1 Å². The number of anilines is 1. The van der Waals surface area contributed by atoms with Crippen LogP contribution in [0.4, 0.5) is 5.82 Å². The summed E-state index contributed by atoms with van der Waals surface area (Å²) in [6, 6.07) is 7.49. The zero-order valence-corrected chi connectivity index (χ0v) is 13.9. The number of aromatic nitrogens is 3. The minimum absolute atomic E-state index is 0.154. The highest BCUT2D eigenvalue weighted by molar-refractivity contribution is 7.16. The Morgan fingerprint density at radius 2 is 2.21 bits per heavy atom. The van der Waals surface area contributed by atoms with E-state index in [2.05, 4.69) is 20.3 Å². The summed E-state index contributed by atoms with van der Waals surface area (Å²) in [5, 5.41) is 5.69. The van der Waals surface area contributed by atoms with Gasteiger partial charge in [-0.15, -0.1) is 11.3 Å². The van der Waals surface area contributed by atoms with Crippen LogP contribution in [0.3, 0.4) is 0 Å². The lowest BCUT2D eigenvalue weighted by Gasteiger charge is -2.14. The highest BCUT2D eigenvalue weighted by Crippen LogP contribution is 2.35. The molecule has 0 aliphatic heterocycles. The fourth-order valence-electron chi connectivity index (χ4n) is 2.66. The van der Waals surface area contributed by atoms with Crippen molar-refractivity contribution < 1.29 is 9.53 Å². The number of ether oxygens (including phenoxy) is 1. The fourth-order valence-corrected chi connectivity index (χ4v) is 3.42. The van der Waals surface area contributed by atoms with Gasteiger partial charge < -0.3 is 10.1 Å². The Morgan fingerprint density at radius 3 is 2.92 bits per heavy atom. The minimum Gasteiger partial charge on any atom is -0.371 e. The topological polar surface area (TPSA) is 77.0 Å². The number of hydrogen-bond acceptors (Lipinski definition) is 6. The van der Waals surface area contributed by atoms with Gasteiger partial charge in [0, 0.05) is 13.3 Å². The molecule has 1 aliphatic carbocycles. The van der Waals surface area contributed by atoms with E-state index in [4.69, 9.17) is 4.74 Å². The van der Waals surface area contributed by atoms with Crippen molar-refractivity contribution in [1.29, 1.82) is 0 Å². The van der Waals surface area contributed by atoms with Gasteiger partial charge in [0.05, 0.1) is 5.39 Å². The van der Waals surface area contributed by atoms with Crippen LogP contribution in [0.15, 0.2) is 35.8 Å². The molecule has 1 aliphatic rings. The van der Waals surface area contributed by atoms with Crippen molar-refractivity contribution in [3.05, 3.63) is 35.8 Å². The molecule has 7 heteroatoms. The summed E-state index contributed by atoms with van der Waals surface area (Å²) in [6.45, 7) is 0.